The van der Waals surface area contributed by atoms with Gasteiger partial charge in [0.05, 0.1) is 19.3 Å². The molecule has 3 N–H and O–H groups in total. The highest BCUT2D eigenvalue weighted by molar-refractivity contribution is 5.81. The number of aliphatic hydroxyl groups excluding tert-OH is 1. The van der Waals surface area contributed by atoms with E-state index in [1.54, 1.807) is 19.2 Å². The lowest BCUT2D eigenvalue weighted by atomic mass is 10.0. The third-order valence-electron chi connectivity index (χ3n) is 3.59. The summed E-state index contributed by atoms with van der Waals surface area (Å²) in [6.45, 7) is 1.07. The Labute approximate surface area is 119 Å². The van der Waals surface area contributed by atoms with Crippen molar-refractivity contribution in [2.75, 3.05) is 20.2 Å². The van der Waals surface area contributed by atoms with Gasteiger partial charge in [-0.05, 0) is 25.5 Å². The van der Waals surface area contributed by atoms with Crippen LogP contribution in [0.1, 0.15) is 30.9 Å². The molecule has 1 aromatic carbocycles. The minimum atomic E-state index is -0.765. The summed E-state index contributed by atoms with van der Waals surface area (Å²) >= 11 is 0. The first kappa shape index (κ1) is 14.8. The van der Waals surface area contributed by atoms with E-state index in [0.717, 1.165) is 25.8 Å². The number of aliphatic hydroxyl groups is 1. The number of amides is 1. The summed E-state index contributed by atoms with van der Waals surface area (Å²) in [7, 11) is 1.57. The summed E-state index contributed by atoms with van der Waals surface area (Å²) in [5.74, 6) is 0.587. The SMILES string of the molecule is COc1ccccc1C(O)CNC(=O)[C@H]1CCCCN1. The van der Waals surface area contributed by atoms with E-state index in [1.165, 1.54) is 0 Å². The topological polar surface area (TPSA) is 70.6 Å². The van der Waals surface area contributed by atoms with Crippen LogP contribution < -0.4 is 15.4 Å². The molecule has 1 aromatic rings. The van der Waals surface area contributed by atoms with Gasteiger partial charge < -0.3 is 20.5 Å². The van der Waals surface area contributed by atoms with Gasteiger partial charge in [0.2, 0.25) is 5.91 Å². The zero-order chi connectivity index (χ0) is 14.4. The quantitative estimate of drug-likeness (QED) is 0.751. The molecule has 110 valence electrons. The van der Waals surface area contributed by atoms with E-state index in [9.17, 15) is 9.90 Å². The van der Waals surface area contributed by atoms with E-state index < -0.39 is 6.10 Å². The van der Waals surface area contributed by atoms with Gasteiger partial charge in [-0.2, -0.15) is 0 Å². The summed E-state index contributed by atoms with van der Waals surface area (Å²) in [6, 6.07) is 7.15. The largest absolute Gasteiger partial charge is 0.496 e. The van der Waals surface area contributed by atoms with Gasteiger partial charge in [0.1, 0.15) is 5.75 Å². The summed E-state index contributed by atoms with van der Waals surface area (Å²) in [4.78, 5) is 12.0. The number of rotatable bonds is 5. The molecule has 0 aliphatic carbocycles. The maximum atomic E-state index is 12.0. The van der Waals surface area contributed by atoms with Crippen molar-refractivity contribution in [2.45, 2.75) is 31.4 Å². The van der Waals surface area contributed by atoms with E-state index in [4.69, 9.17) is 4.74 Å². The number of para-hydroxylation sites is 1. The summed E-state index contributed by atoms with van der Waals surface area (Å²) in [5, 5.41) is 16.1. The van der Waals surface area contributed by atoms with Gasteiger partial charge in [-0.1, -0.05) is 24.6 Å². The van der Waals surface area contributed by atoms with Gasteiger partial charge >= 0.3 is 0 Å². The van der Waals surface area contributed by atoms with Gasteiger partial charge in [0.25, 0.3) is 0 Å². The first-order chi connectivity index (χ1) is 9.72. The molecule has 1 aliphatic rings. The van der Waals surface area contributed by atoms with Gasteiger partial charge in [-0.25, -0.2) is 0 Å². The number of carbonyl (C=O) groups is 1. The van der Waals surface area contributed by atoms with E-state index >= 15 is 0 Å². The first-order valence-electron chi connectivity index (χ1n) is 7.04. The number of benzene rings is 1. The average molecular weight is 278 g/mol. The van der Waals surface area contributed by atoms with Crippen molar-refractivity contribution in [3.63, 3.8) is 0 Å². The molecule has 5 heteroatoms. The number of nitrogens with one attached hydrogen (secondary N) is 2. The van der Waals surface area contributed by atoms with Crippen LogP contribution in [-0.2, 0) is 4.79 Å². The molecular formula is C15H22N2O3. The van der Waals surface area contributed by atoms with Crippen LogP contribution in [0.2, 0.25) is 0 Å². The molecule has 0 spiro atoms. The molecule has 1 unspecified atom stereocenters. The summed E-state index contributed by atoms with van der Waals surface area (Å²) < 4.78 is 5.20. The third-order valence-corrected chi connectivity index (χ3v) is 3.59. The fourth-order valence-corrected chi connectivity index (χ4v) is 2.45. The Morgan fingerprint density at radius 2 is 2.30 bits per heavy atom. The van der Waals surface area contributed by atoms with Crippen molar-refractivity contribution in [3.8, 4) is 5.75 Å². The number of methoxy groups -OCH3 is 1. The fraction of sp³-hybridized carbons (Fsp3) is 0.533. The second-order valence-corrected chi connectivity index (χ2v) is 5.01. The Morgan fingerprint density at radius 1 is 1.50 bits per heavy atom. The second kappa shape index (κ2) is 7.26. The Morgan fingerprint density at radius 3 is 3.00 bits per heavy atom. The Kier molecular flexibility index (Phi) is 5.38. The van der Waals surface area contributed by atoms with Crippen LogP contribution in [0.25, 0.3) is 0 Å². The molecule has 2 atom stereocenters. The molecule has 0 aromatic heterocycles. The lowest BCUT2D eigenvalue weighted by Crippen LogP contribution is -2.47. The maximum Gasteiger partial charge on any atom is 0.237 e. The van der Waals surface area contributed by atoms with Crippen molar-refractivity contribution in [3.05, 3.63) is 29.8 Å². The normalized spacial score (nSPS) is 20.2. The molecule has 0 saturated carbocycles. The van der Waals surface area contributed by atoms with Crippen LogP contribution in [0.4, 0.5) is 0 Å². The highest BCUT2D eigenvalue weighted by Crippen LogP contribution is 2.24. The fourth-order valence-electron chi connectivity index (χ4n) is 2.45. The number of hydrogen-bond donors (Lipinski definition) is 3. The van der Waals surface area contributed by atoms with Crippen molar-refractivity contribution in [1.82, 2.24) is 10.6 Å². The van der Waals surface area contributed by atoms with E-state index in [2.05, 4.69) is 10.6 Å². The number of piperidine rings is 1. The number of carbonyl (C=O) groups excluding carboxylic acids is 1. The second-order valence-electron chi connectivity index (χ2n) is 5.01. The van der Waals surface area contributed by atoms with Crippen LogP contribution in [-0.4, -0.2) is 37.3 Å². The maximum absolute atomic E-state index is 12.0. The van der Waals surface area contributed by atoms with Gasteiger partial charge in [-0.15, -0.1) is 0 Å². The van der Waals surface area contributed by atoms with Crippen LogP contribution >= 0.6 is 0 Å². The first-order valence-corrected chi connectivity index (χ1v) is 7.04. The highest BCUT2D eigenvalue weighted by atomic mass is 16.5. The predicted octanol–water partition coefficient (Wildman–Crippen LogP) is 0.987. The van der Waals surface area contributed by atoms with Crippen LogP contribution in [0, 0.1) is 0 Å². The van der Waals surface area contributed by atoms with Crippen molar-refractivity contribution < 1.29 is 14.6 Å². The molecular weight excluding hydrogens is 256 g/mol. The van der Waals surface area contributed by atoms with E-state index in [-0.39, 0.29) is 18.5 Å². The molecule has 20 heavy (non-hydrogen) atoms. The Hall–Kier alpha value is -1.59. The predicted molar refractivity (Wildman–Crippen MR) is 76.6 cm³/mol. The third kappa shape index (κ3) is 3.71. The van der Waals surface area contributed by atoms with Gasteiger partial charge in [0, 0.05) is 12.1 Å². The highest BCUT2D eigenvalue weighted by Gasteiger charge is 2.21. The summed E-state index contributed by atoms with van der Waals surface area (Å²) in [6.07, 6.45) is 2.28. The molecule has 1 heterocycles. The zero-order valence-electron chi connectivity index (χ0n) is 11.8. The molecule has 1 saturated heterocycles. The molecule has 1 amide bonds. The monoisotopic (exact) mass is 278 g/mol. The summed E-state index contributed by atoms with van der Waals surface area (Å²) in [5.41, 5.74) is 0.687. The standard InChI is InChI=1S/C15H22N2O3/c1-20-14-8-3-2-6-11(14)13(18)10-17-15(19)12-7-4-5-9-16-12/h2-3,6,8,12-13,16,18H,4-5,7,9-10H2,1H3,(H,17,19)/t12-,13?/m1/s1. The lowest BCUT2D eigenvalue weighted by Gasteiger charge is -2.23. The Bertz CT molecular complexity index is 444. The van der Waals surface area contributed by atoms with Crippen molar-refractivity contribution in [2.24, 2.45) is 0 Å². The van der Waals surface area contributed by atoms with Gasteiger partial charge in [-0.3, -0.25) is 4.79 Å². The average Bonchev–Trinajstić information content (AvgIpc) is 2.53. The smallest absolute Gasteiger partial charge is 0.237 e. The van der Waals surface area contributed by atoms with Gasteiger partial charge in [0.15, 0.2) is 0 Å². The van der Waals surface area contributed by atoms with Crippen molar-refractivity contribution in [1.29, 1.82) is 0 Å². The lowest BCUT2D eigenvalue weighted by molar-refractivity contribution is -0.124. The van der Waals surface area contributed by atoms with E-state index in [1.807, 2.05) is 12.1 Å². The molecule has 0 radical (unpaired) electrons. The van der Waals surface area contributed by atoms with Crippen LogP contribution in [0.3, 0.4) is 0 Å². The van der Waals surface area contributed by atoms with E-state index in [0.29, 0.717) is 11.3 Å². The van der Waals surface area contributed by atoms with Crippen LogP contribution in [0.15, 0.2) is 24.3 Å². The number of hydrogen-bond acceptors (Lipinski definition) is 4. The minimum absolute atomic E-state index is 0.0429. The molecule has 5 nitrogen and oxygen atoms in total. The minimum Gasteiger partial charge on any atom is -0.496 e. The molecule has 0 bridgehead atoms. The molecule has 1 aliphatic heterocycles. The number of ether oxygens (including phenoxy) is 1. The molecule has 1 fully saturated rings. The zero-order valence-corrected chi connectivity index (χ0v) is 11.8. The molecule has 2 rings (SSSR count). The van der Waals surface area contributed by atoms with Crippen LogP contribution in [0.5, 0.6) is 5.75 Å². The van der Waals surface area contributed by atoms with Crippen molar-refractivity contribution >= 4 is 5.91 Å². The Balaban J connectivity index is 1.88.